The van der Waals surface area contributed by atoms with Crippen molar-refractivity contribution in [3.63, 3.8) is 0 Å². The van der Waals surface area contributed by atoms with E-state index in [1.807, 2.05) is 31.2 Å². The van der Waals surface area contributed by atoms with E-state index in [2.05, 4.69) is 15.5 Å². The molecule has 0 aliphatic heterocycles. The van der Waals surface area contributed by atoms with Gasteiger partial charge >= 0.3 is 7.12 Å². The van der Waals surface area contributed by atoms with Gasteiger partial charge in [0.1, 0.15) is 0 Å². The van der Waals surface area contributed by atoms with Gasteiger partial charge in [0.25, 0.3) is 0 Å². The molecule has 1 aromatic carbocycles. The fourth-order valence-corrected chi connectivity index (χ4v) is 2.55. The van der Waals surface area contributed by atoms with E-state index < -0.39 is 7.12 Å². The van der Waals surface area contributed by atoms with Crippen LogP contribution >= 0.6 is 24.0 Å². The second-order valence-corrected chi connectivity index (χ2v) is 6.02. The second-order valence-electron chi connectivity index (χ2n) is 5.58. The van der Waals surface area contributed by atoms with E-state index in [0.717, 1.165) is 12.0 Å². The molecule has 2 rings (SSSR count). The lowest BCUT2D eigenvalue weighted by Gasteiger charge is -2.17. The molecule has 10 heteroatoms. The first-order valence-electron chi connectivity index (χ1n) is 7.64. The first kappa shape index (κ1) is 20.9. The summed E-state index contributed by atoms with van der Waals surface area (Å²) in [5, 5.41) is 30.2. The highest BCUT2D eigenvalue weighted by atomic mass is 35.5. The highest BCUT2D eigenvalue weighted by molar-refractivity contribution is 6.40. The molecule has 0 fully saturated rings. The fourth-order valence-electron chi connectivity index (χ4n) is 2.42. The van der Waals surface area contributed by atoms with Gasteiger partial charge in [-0.05, 0) is 47.8 Å². The number of aromatic nitrogens is 4. The van der Waals surface area contributed by atoms with Gasteiger partial charge in [-0.1, -0.05) is 36.6 Å². The van der Waals surface area contributed by atoms with Crippen LogP contribution in [0.15, 0.2) is 24.3 Å². The minimum absolute atomic E-state index is 0. The third-order valence-electron chi connectivity index (χ3n) is 3.80. The Morgan fingerprint density at radius 2 is 1.92 bits per heavy atom. The molecule has 132 valence electrons. The Kier molecular flexibility index (Phi) is 8.65. The Bertz CT molecular complexity index is 611. The molecule has 24 heavy (non-hydrogen) atoms. The minimum atomic E-state index is -1.26. The normalized spacial score (nSPS) is 13.2. The van der Waals surface area contributed by atoms with Crippen molar-refractivity contribution < 1.29 is 10.0 Å². The smallest absolute Gasteiger partial charge is 0.427 e. The molecule has 4 N–H and O–H groups in total. The van der Waals surface area contributed by atoms with Gasteiger partial charge in [0.2, 0.25) is 0 Å². The van der Waals surface area contributed by atoms with E-state index in [0.29, 0.717) is 30.0 Å². The molecule has 0 aliphatic rings. The van der Waals surface area contributed by atoms with Gasteiger partial charge in [0.15, 0.2) is 5.82 Å². The molecule has 2 aromatic rings. The molecule has 0 aliphatic carbocycles. The van der Waals surface area contributed by atoms with Crippen molar-refractivity contribution in [2.24, 2.45) is 5.73 Å². The first-order chi connectivity index (χ1) is 11.0. The van der Waals surface area contributed by atoms with Crippen LogP contribution in [-0.2, 0) is 0 Å². The zero-order valence-corrected chi connectivity index (χ0v) is 15.0. The largest absolute Gasteiger partial charge is 0.451 e. The van der Waals surface area contributed by atoms with Crippen molar-refractivity contribution in [3.8, 4) is 0 Å². The molecule has 0 saturated carbocycles. The number of halogens is 2. The highest BCUT2D eigenvalue weighted by Crippen LogP contribution is 2.23. The van der Waals surface area contributed by atoms with Crippen LogP contribution < -0.4 is 5.73 Å². The van der Waals surface area contributed by atoms with Crippen LogP contribution in [0, 0.1) is 0 Å². The molecule has 2 atom stereocenters. The Balaban J connectivity index is 0.00000288. The molecular weight excluding hydrogens is 352 g/mol. The first-order valence-corrected chi connectivity index (χ1v) is 8.01. The summed E-state index contributed by atoms with van der Waals surface area (Å²) in [5.74, 6) is 0.622. The summed E-state index contributed by atoms with van der Waals surface area (Å²) in [7, 11) is -1.26. The molecular formula is C14H22BCl2N5O2. The van der Waals surface area contributed by atoms with E-state index >= 15 is 0 Å². The third kappa shape index (κ3) is 5.72. The lowest BCUT2D eigenvalue weighted by atomic mass is 9.83. The lowest BCUT2D eigenvalue weighted by Crippen LogP contribution is -2.20. The number of hydrogen-bond acceptors (Lipinski definition) is 6. The summed E-state index contributed by atoms with van der Waals surface area (Å²) in [5.41, 5.74) is 7.23. The Morgan fingerprint density at radius 3 is 2.54 bits per heavy atom. The Hall–Kier alpha value is -1.19. The van der Waals surface area contributed by atoms with Gasteiger partial charge in [-0.2, -0.15) is 0 Å². The third-order valence-corrected chi connectivity index (χ3v) is 4.05. The van der Waals surface area contributed by atoms with Crippen molar-refractivity contribution in [1.82, 2.24) is 20.2 Å². The van der Waals surface area contributed by atoms with Crippen LogP contribution in [0.5, 0.6) is 0 Å². The van der Waals surface area contributed by atoms with Crippen molar-refractivity contribution in [1.29, 1.82) is 0 Å². The standard InChI is InChI=1S/C14H21BClN5O2.ClH/c1-10(11-5-7-12(16)8-6-11)21-14(18-19-20-21)13(17)4-2-3-9-15(22)23;/h5-8,10,13,22-23H,2-4,9,17H2,1H3;1H/t10-,13?;/m0./s1. The van der Waals surface area contributed by atoms with Crippen molar-refractivity contribution in [2.45, 2.75) is 44.6 Å². The quantitative estimate of drug-likeness (QED) is 0.482. The molecule has 0 bridgehead atoms. The highest BCUT2D eigenvalue weighted by Gasteiger charge is 2.20. The van der Waals surface area contributed by atoms with Crippen LogP contribution in [0.2, 0.25) is 11.3 Å². The summed E-state index contributed by atoms with van der Waals surface area (Å²) in [6, 6.07) is 7.19. The number of benzene rings is 1. The predicted molar refractivity (Wildman–Crippen MR) is 96.1 cm³/mol. The average Bonchev–Trinajstić information content (AvgIpc) is 3.01. The summed E-state index contributed by atoms with van der Waals surface area (Å²) in [6.45, 7) is 2.00. The van der Waals surface area contributed by atoms with Crippen molar-refractivity contribution >= 4 is 31.1 Å². The summed E-state index contributed by atoms with van der Waals surface area (Å²) >= 11 is 5.91. The van der Waals surface area contributed by atoms with E-state index in [9.17, 15) is 0 Å². The summed E-state index contributed by atoms with van der Waals surface area (Å²) in [6.07, 6.45) is 2.50. The van der Waals surface area contributed by atoms with Crippen LogP contribution in [0.4, 0.5) is 0 Å². The van der Waals surface area contributed by atoms with Crippen LogP contribution in [0.1, 0.15) is 49.7 Å². The zero-order valence-electron chi connectivity index (χ0n) is 13.4. The predicted octanol–water partition coefficient (Wildman–Crippen LogP) is 2.00. The van der Waals surface area contributed by atoms with Crippen LogP contribution in [0.25, 0.3) is 0 Å². The minimum Gasteiger partial charge on any atom is -0.427 e. The maximum atomic E-state index is 8.84. The van der Waals surface area contributed by atoms with Gasteiger partial charge in [0.05, 0.1) is 12.1 Å². The molecule has 1 aromatic heterocycles. The topological polar surface area (TPSA) is 110 Å². The van der Waals surface area contributed by atoms with Crippen LogP contribution in [0.3, 0.4) is 0 Å². The number of unbranched alkanes of at least 4 members (excludes halogenated alkanes) is 1. The molecule has 0 radical (unpaired) electrons. The van der Waals surface area contributed by atoms with Gasteiger partial charge < -0.3 is 15.8 Å². The van der Waals surface area contributed by atoms with E-state index in [1.165, 1.54) is 0 Å². The summed E-state index contributed by atoms with van der Waals surface area (Å²) < 4.78 is 1.72. The maximum absolute atomic E-state index is 8.84. The van der Waals surface area contributed by atoms with E-state index in [1.54, 1.807) is 4.68 Å². The average molecular weight is 374 g/mol. The monoisotopic (exact) mass is 373 g/mol. The van der Waals surface area contributed by atoms with Gasteiger partial charge in [-0.25, -0.2) is 4.68 Å². The molecule has 1 unspecified atom stereocenters. The molecule has 7 nitrogen and oxygen atoms in total. The lowest BCUT2D eigenvalue weighted by molar-refractivity contribution is 0.400. The maximum Gasteiger partial charge on any atom is 0.451 e. The second kappa shape index (κ2) is 9.95. The van der Waals surface area contributed by atoms with Gasteiger partial charge in [0, 0.05) is 5.02 Å². The van der Waals surface area contributed by atoms with E-state index in [4.69, 9.17) is 27.4 Å². The van der Waals surface area contributed by atoms with Crippen molar-refractivity contribution in [3.05, 3.63) is 40.7 Å². The number of hydrogen-bond donors (Lipinski definition) is 3. The number of nitrogens with zero attached hydrogens (tertiary/aromatic N) is 4. The molecule has 0 amide bonds. The van der Waals surface area contributed by atoms with Gasteiger partial charge in [-0.15, -0.1) is 17.5 Å². The fraction of sp³-hybridized carbons (Fsp3) is 0.500. The Labute approximate surface area is 152 Å². The molecule has 1 heterocycles. The zero-order chi connectivity index (χ0) is 16.8. The molecule has 0 spiro atoms. The van der Waals surface area contributed by atoms with E-state index in [-0.39, 0.29) is 24.5 Å². The summed E-state index contributed by atoms with van der Waals surface area (Å²) in [4.78, 5) is 0. The number of tetrazole rings is 1. The van der Waals surface area contributed by atoms with Crippen LogP contribution in [-0.4, -0.2) is 37.4 Å². The number of nitrogens with two attached hydrogens (primary N) is 1. The SMILES string of the molecule is C[C@@H](c1ccc(Cl)cc1)n1nnnc1C(N)CCCCB(O)O.Cl. The Morgan fingerprint density at radius 1 is 1.25 bits per heavy atom. The van der Waals surface area contributed by atoms with Crippen molar-refractivity contribution in [2.75, 3.05) is 0 Å². The molecule has 0 saturated heterocycles. The number of rotatable bonds is 8. The van der Waals surface area contributed by atoms with Gasteiger partial charge in [-0.3, -0.25) is 0 Å².